The molecule has 14 heteroatoms. The van der Waals surface area contributed by atoms with Crippen LogP contribution in [-0.2, 0) is 18.0 Å². The molecule has 0 radical (unpaired) electrons. The Labute approximate surface area is 299 Å². The maximum absolute atomic E-state index is 14.0. The number of nitrogens with one attached hydrogen (secondary N) is 1. The van der Waals surface area contributed by atoms with E-state index in [0.29, 0.717) is 53.9 Å². The van der Waals surface area contributed by atoms with E-state index >= 15 is 0 Å². The second-order valence-corrected chi connectivity index (χ2v) is 13.4. The van der Waals surface area contributed by atoms with Gasteiger partial charge in [-0.2, -0.15) is 23.5 Å². The third-order valence-corrected chi connectivity index (χ3v) is 8.50. The highest BCUT2D eigenvalue weighted by molar-refractivity contribution is 6.00. The Kier molecular flexibility index (Phi) is 11.1. The fourth-order valence-electron chi connectivity index (χ4n) is 6.00. The summed E-state index contributed by atoms with van der Waals surface area (Å²) in [6, 6.07) is 26.1. The van der Waals surface area contributed by atoms with E-state index in [0.717, 1.165) is 16.8 Å². The Morgan fingerprint density at radius 2 is 1.54 bits per heavy atom. The molecule has 0 unspecified atom stereocenters. The fourth-order valence-corrected chi connectivity index (χ4v) is 6.00. The quantitative estimate of drug-likeness (QED) is 0.238. The Bertz CT molecular complexity index is 2090. The lowest BCUT2D eigenvalue weighted by Crippen LogP contribution is -2.51. The lowest BCUT2D eigenvalue weighted by atomic mass is 10.0. The average Bonchev–Trinajstić information content (AvgIpc) is 3.70. The van der Waals surface area contributed by atoms with E-state index < -0.39 is 23.2 Å². The first-order valence-electron chi connectivity index (χ1n) is 16.6. The van der Waals surface area contributed by atoms with Crippen LogP contribution in [0.25, 0.3) is 22.8 Å². The molecule has 0 saturated carbocycles. The predicted molar refractivity (Wildman–Crippen MR) is 190 cm³/mol. The van der Waals surface area contributed by atoms with E-state index in [-0.39, 0.29) is 28.9 Å². The molecule has 1 N–H and O–H groups in total. The molecule has 0 atom stereocenters. The maximum Gasteiger partial charge on any atom is 0.416 e. The van der Waals surface area contributed by atoms with Crippen LogP contribution in [0.3, 0.4) is 0 Å². The number of rotatable bonds is 7. The van der Waals surface area contributed by atoms with Crippen LogP contribution in [0.5, 0.6) is 0 Å². The van der Waals surface area contributed by atoms with Crippen molar-refractivity contribution in [3.05, 3.63) is 124 Å². The number of likely N-dealkylation sites (N-methyl/N-ethyl adjacent to an activating group) is 1. The molecule has 1 aliphatic rings. The molecule has 3 aromatic carbocycles. The van der Waals surface area contributed by atoms with Crippen LogP contribution in [-0.4, -0.2) is 87.2 Å². The van der Waals surface area contributed by atoms with E-state index in [1.165, 1.54) is 34.7 Å². The smallest absolute Gasteiger partial charge is 0.349 e. The van der Waals surface area contributed by atoms with Gasteiger partial charge in [0.25, 0.3) is 17.4 Å². The van der Waals surface area contributed by atoms with Crippen molar-refractivity contribution < 1.29 is 27.2 Å². The van der Waals surface area contributed by atoms with Gasteiger partial charge in [-0.1, -0.05) is 42.5 Å². The molecule has 1 fully saturated rings. The standard InChI is InChI=1S/C32H33F3N8O3.C6H6/c1-39-29(26-12-15-37-41(26)24-10-8-21(19-36)9-11-24)28(31(46)42(39)25-7-5-6-22(18-25)32(33,34)35)30(45)38-23-13-16-40(17-14-23)27(44)20-43(2,3)4;1-2-4-6-5-3-1/h5-12,15,18,23H,13-14,16-17,20H2,1-4H3;1-6H/p+1. The summed E-state index contributed by atoms with van der Waals surface area (Å²) in [5.41, 5.74) is -0.660. The van der Waals surface area contributed by atoms with Crippen LogP contribution in [0.2, 0.25) is 0 Å². The van der Waals surface area contributed by atoms with E-state index in [4.69, 9.17) is 0 Å². The van der Waals surface area contributed by atoms with Gasteiger partial charge in [-0.05, 0) is 61.4 Å². The number of alkyl halides is 3. The second kappa shape index (κ2) is 15.5. The van der Waals surface area contributed by atoms with Crippen LogP contribution >= 0.6 is 0 Å². The van der Waals surface area contributed by atoms with Gasteiger partial charge in [-0.15, -0.1) is 0 Å². The van der Waals surface area contributed by atoms with E-state index in [1.54, 1.807) is 35.2 Å². The Hall–Kier alpha value is -5.94. The monoisotopic (exact) mass is 713 g/mol. The minimum atomic E-state index is -4.65. The topological polar surface area (TPSA) is 118 Å². The normalized spacial score (nSPS) is 13.5. The largest absolute Gasteiger partial charge is 0.416 e. The average molecular weight is 714 g/mol. The highest BCUT2D eigenvalue weighted by atomic mass is 19.4. The van der Waals surface area contributed by atoms with Gasteiger partial charge in [0.1, 0.15) is 11.3 Å². The van der Waals surface area contributed by atoms with Crippen LogP contribution in [0, 0.1) is 11.3 Å². The first kappa shape index (κ1) is 37.3. The molecular weight excluding hydrogens is 673 g/mol. The lowest BCUT2D eigenvalue weighted by Gasteiger charge is -2.34. The number of carbonyl (C=O) groups excluding carboxylic acids is 2. The predicted octanol–water partition coefficient (Wildman–Crippen LogP) is 5.03. The molecule has 0 bridgehead atoms. The zero-order chi connectivity index (χ0) is 37.6. The molecule has 0 spiro atoms. The zero-order valence-electron chi connectivity index (χ0n) is 29.3. The van der Waals surface area contributed by atoms with Crippen molar-refractivity contribution in [2.24, 2.45) is 7.05 Å². The molecular formula is C38H40F3N8O3+. The van der Waals surface area contributed by atoms with Gasteiger partial charge in [0.15, 0.2) is 6.54 Å². The number of benzene rings is 3. The van der Waals surface area contributed by atoms with Gasteiger partial charge in [0, 0.05) is 26.2 Å². The summed E-state index contributed by atoms with van der Waals surface area (Å²) in [6.45, 7) is 1.21. The molecule has 270 valence electrons. The SMILES string of the molecule is Cn1c(-c2ccnn2-c2ccc(C#N)cc2)c(C(=O)NC2CCN(C(=O)C[N+](C)(C)C)CC2)c(=O)n1-c1cccc(C(F)(F)F)c1.c1ccccc1. The molecule has 11 nitrogen and oxygen atoms in total. The molecule has 1 saturated heterocycles. The highest BCUT2D eigenvalue weighted by Gasteiger charge is 2.34. The van der Waals surface area contributed by atoms with Crippen molar-refractivity contribution in [3.8, 4) is 28.8 Å². The molecule has 2 amide bonds. The van der Waals surface area contributed by atoms with Gasteiger partial charge < -0.3 is 14.7 Å². The van der Waals surface area contributed by atoms with E-state index in [2.05, 4.69) is 10.4 Å². The first-order valence-corrected chi connectivity index (χ1v) is 16.6. The number of carbonyl (C=O) groups is 2. The number of nitrogens with zero attached hydrogens (tertiary/aromatic N) is 7. The van der Waals surface area contributed by atoms with Crippen molar-refractivity contribution in [3.63, 3.8) is 0 Å². The summed E-state index contributed by atoms with van der Waals surface area (Å²) in [4.78, 5) is 42.4. The van der Waals surface area contributed by atoms with Gasteiger partial charge in [0.05, 0.1) is 61.6 Å². The number of hydrogen-bond acceptors (Lipinski definition) is 5. The summed E-state index contributed by atoms with van der Waals surface area (Å²) in [6.07, 6.45) is -2.22. The minimum Gasteiger partial charge on any atom is -0.349 e. The van der Waals surface area contributed by atoms with Crippen molar-refractivity contribution in [2.45, 2.75) is 25.1 Å². The Morgan fingerprint density at radius 3 is 2.10 bits per heavy atom. The molecule has 0 aliphatic carbocycles. The van der Waals surface area contributed by atoms with E-state index in [1.807, 2.05) is 63.6 Å². The molecule has 6 rings (SSSR count). The molecule has 3 heterocycles. The number of piperidine rings is 1. The molecule has 1 aliphatic heterocycles. The number of amides is 2. The van der Waals surface area contributed by atoms with Gasteiger partial charge in [0.2, 0.25) is 0 Å². The van der Waals surface area contributed by atoms with Crippen LogP contribution in [0.15, 0.2) is 102 Å². The Balaban J connectivity index is 0.000000790. The highest BCUT2D eigenvalue weighted by Crippen LogP contribution is 2.31. The summed E-state index contributed by atoms with van der Waals surface area (Å²) < 4.78 is 45.2. The first-order chi connectivity index (χ1) is 24.7. The van der Waals surface area contributed by atoms with Crippen molar-refractivity contribution >= 4 is 11.8 Å². The lowest BCUT2D eigenvalue weighted by molar-refractivity contribution is -0.862. The number of nitriles is 1. The fraction of sp³-hybridized carbons (Fsp3) is 0.289. The van der Waals surface area contributed by atoms with E-state index in [9.17, 15) is 32.8 Å². The summed E-state index contributed by atoms with van der Waals surface area (Å²) >= 11 is 0. The number of halogens is 3. The summed E-state index contributed by atoms with van der Waals surface area (Å²) in [5.74, 6) is -0.673. The van der Waals surface area contributed by atoms with Crippen LogP contribution < -0.4 is 10.9 Å². The third-order valence-electron chi connectivity index (χ3n) is 8.50. The number of quaternary nitrogens is 1. The second-order valence-electron chi connectivity index (χ2n) is 13.4. The number of hydrogen-bond donors (Lipinski definition) is 1. The molecule has 5 aromatic rings. The van der Waals surface area contributed by atoms with Crippen molar-refractivity contribution in [1.29, 1.82) is 5.26 Å². The van der Waals surface area contributed by atoms with Crippen LogP contribution in [0.1, 0.15) is 34.3 Å². The minimum absolute atomic E-state index is 0.0164. The van der Waals surface area contributed by atoms with Crippen molar-refractivity contribution in [2.75, 3.05) is 40.8 Å². The summed E-state index contributed by atoms with van der Waals surface area (Å²) in [7, 11) is 7.28. The van der Waals surface area contributed by atoms with Gasteiger partial charge in [-0.25, -0.2) is 9.36 Å². The molecule has 2 aromatic heterocycles. The number of aromatic nitrogens is 4. The van der Waals surface area contributed by atoms with Crippen molar-refractivity contribution in [1.82, 2.24) is 29.4 Å². The van der Waals surface area contributed by atoms with Crippen LogP contribution in [0.4, 0.5) is 13.2 Å². The zero-order valence-corrected chi connectivity index (χ0v) is 29.3. The third kappa shape index (κ3) is 8.67. The van der Waals surface area contributed by atoms with Gasteiger partial charge in [-0.3, -0.25) is 19.1 Å². The van der Waals surface area contributed by atoms with Gasteiger partial charge >= 0.3 is 6.18 Å². The molecule has 52 heavy (non-hydrogen) atoms. The number of likely N-dealkylation sites (tertiary alicyclic amines) is 1. The Morgan fingerprint density at radius 1 is 0.923 bits per heavy atom. The maximum atomic E-state index is 14.0. The summed E-state index contributed by atoms with van der Waals surface area (Å²) in [5, 5.41) is 16.5.